The lowest BCUT2D eigenvalue weighted by atomic mass is 10.1. The summed E-state index contributed by atoms with van der Waals surface area (Å²) in [4.78, 5) is 12.1. The molecule has 0 fully saturated rings. The van der Waals surface area contributed by atoms with Gasteiger partial charge in [0, 0.05) is 10.6 Å². The smallest absolute Gasteiger partial charge is 0.235 e. The topological polar surface area (TPSA) is 46.9 Å². The summed E-state index contributed by atoms with van der Waals surface area (Å²) in [6, 6.07) is 9.78. The monoisotopic (exact) mass is 375 g/mol. The molecule has 1 aliphatic heterocycles. The maximum atomic E-state index is 12.1. The van der Waals surface area contributed by atoms with E-state index in [1.54, 1.807) is 23.1 Å². The molecule has 0 unspecified atom stereocenters. The average molecular weight is 376 g/mol. The van der Waals surface area contributed by atoms with Gasteiger partial charge in [-0.1, -0.05) is 23.7 Å². The van der Waals surface area contributed by atoms with Gasteiger partial charge in [-0.3, -0.25) is 4.79 Å². The Morgan fingerprint density at radius 2 is 2.12 bits per heavy atom. The maximum absolute atomic E-state index is 12.1. The Balaban J connectivity index is 1.71. The minimum absolute atomic E-state index is 0.0110. The first-order chi connectivity index (χ1) is 11.7. The summed E-state index contributed by atoms with van der Waals surface area (Å²) in [6.07, 6.45) is 1.87. The van der Waals surface area contributed by atoms with Crippen LogP contribution in [0.2, 0.25) is 5.02 Å². The lowest BCUT2D eigenvalue weighted by molar-refractivity contribution is -0.113. The molecule has 1 N–H and O–H groups in total. The van der Waals surface area contributed by atoms with Crippen molar-refractivity contribution in [2.75, 3.05) is 11.1 Å². The van der Waals surface area contributed by atoms with Crippen molar-refractivity contribution in [1.29, 1.82) is 0 Å². The molecule has 4 rings (SSSR count). The van der Waals surface area contributed by atoms with E-state index in [1.807, 2.05) is 35.1 Å². The van der Waals surface area contributed by atoms with Gasteiger partial charge in [-0.05, 0) is 40.1 Å². The second-order valence-electron chi connectivity index (χ2n) is 5.53. The summed E-state index contributed by atoms with van der Waals surface area (Å²) < 4.78 is 1.85. The summed E-state index contributed by atoms with van der Waals surface area (Å²) in [6.45, 7) is 0.591. The normalized spacial score (nSPS) is 17.2. The van der Waals surface area contributed by atoms with Gasteiger partial charge in [0.15, 0.2) is 0 Å². The van der Waals surface area contributed by atoms with Crippen molar-refractivity contribution >= 4 is 46.4 Å². The van der Waals surface area contributed by atoms with E-state index in [0.717, 1.165) is 16.9 Å². The molecule has 0 saturated heterocycles. The van der Waals surface area contributed by atoms with Gasteiger partial charge in [0.1, 0.15) is 5.82 Å². The first-order valence-electron chi connectivity index (χ1n) is 7.44. The van der Waals surface area contributed by atoms with E-state index >= 15 is 0 Å². The molecular formula is C17H14ClN3OS2. The van der Waals surface area contributed by atoms with E-state index in [-0.39, 0.29) is 11.2 Å². The van der Waals surface area contributed by atoms with Crippen LogP contribution in [0.4, 0.5) is 5.82 Å². The lowest BCUT2D eigenvalue weighted by Gasteiger charge is -2.12. The number of thioether (sulfide) groups is 1. The van der Waals surface area contributed by atoms with Crippen molar-refractivity contribution in [3.8, 4) is 0 Å². The summed E-state index contributed by atoms with van der Waals surface area (Å²) in [5.74, 6) is 1.24. The largest absolute Gasteiger partial charge is 0.310 e. The molecule has 1 aliphatic rings. The number of hydrogen-bond acceptors (Lipinski definition) is 4. The number of nitrogens with one attached hydrogen (secondary N) is 1. The van der Waals surface area contributed by atoms with E-state index in [9.17, 15) is 4.79 Å². The van der Waals surface area contributed by atoms with Crippen LogP contribution >= 0.6 is 34.7 Å². The highest BCUT2D eigenvalue weighted by Crippen LogP contribution is 2.42. The van der Waals surface area contributed by atoms with E-state index in [1.165, 1.54) is 5.56 Å². The number of amides is 1. The number of fused-ring (bicyclic) bond motifs is 1. The van der Waals surface area contributed by atoms with Gasteiger partial charge in [0.2, 0.25) is 5.91 Å². The number of rotatable bonds is 3. The highest BCUT2D eigenvalue weighted by Gasteiger charge is 2.27. The third-order valence-corrected chi connectivity index (χ3v) is 6.12. The van der Waals surface area contributed by atoms with Gasteiger partial charge in [-0.15, -0.1) is 11.8 Å². The SMILES string of the molecule is O=C1CS[C@H](c2ccsc2)c2cnn(Cc3ccc(Cl)cc3)c2N1. The molecule has 3 aromatic rings. The van der Waals surface area contributed by atoms with Crippen LogP contribution in [0, 0.1) is 0 Å². The van der Waals surface area contributed by atoms with Gasteiger partial charge >= 0.3 is 0 Å². The van der Waals surface area contributed by atoms with Crippen molar-refractivity contribution in [1.82, 2.24) is 9.78 Å². The number of aromatic nitrogens is 2. The molecule has 1 aromatic carbocycles. The van der Waals surface area contributed by atoms with Gasteiger partial charge < -0.3 is 5.32 Å². The van der Waals surface area contributed by atoms with Crippen LogP contribution in [0.25, 0.3) is 0 Å². The zero-order chi connectivity index (χ0) is 16.5. The summed E-state index contributed by atoms with van der Waals surface area (Å²) in [5, 5.41) is 12.6. The number of thiophene rings is 1. The second-order valence-corrected chi connectivity index (χ2v) is 7.84. The summed E-state index contributed by atoms with van der Waals surface area (Å²) in [7, 11) is 0. The van der Waals surface area contributed by atoms with Crippen LogP contribution in [0.3, 0.4) is 0 Å². The van der Waals surface area contributed by atoms with Gasteiger partial charge in [-0.2, -0.15) is 16.4 Å². The van der Waals surface area contributed by atoms with Gasteiger partial charge in [0.25, 0.3) is 0 Å². The molecule has 122 valence electrons. The van der Waals surface area contributed by atoms with Crippen molar-refractivity contribution < 1.29 is 4.79 Å². The minimum Gasteiger partial charge on any atom is -0.310 e. The maximum Gasteiger partial charge on any atom is 0.235 e. The number of carbonyl (C=O) groups excluding carboxylic acids is 1. The van der Waals surface area contributed by atoms with Crippen LogP contribution in [-0.4, -0.2) is 21.4 Å². The fourth-order valence-corrected chi connectivity index (χ4v) is 4.71. The van der Waals surface area contributed by atoms with Crippen molar-refractivity contribution in [2.24, 2.45) is 0 Å². The van der Waals surface area contributed by atoms with Crippen molar-refractivity contribution in [2.45, 2.75) is 11.8 Å². The first-order valence-corrected chi connectivity index (χ1v) is 9.81. The fraction of sp³-hybridized carbons (Fsp3) is 0.176. The molecule has 0 spiro atoms. The van der Waals surface area contributed by atoms with Gasteiger partial charge in [0.05, 0.1) is 23.7 Å². The molecule has 24 heavy (non-hydrogen) atoms. The Kier molecular flexibility index (Phi) is 4.35. The molecule has 4 nitrogen and oxygen atoms in total. The van der Waals surface area contributed by atoms with E-state index in [2.05, 4.69) is 27.2 Å². The zero-order valence-corrected chi connectivity index (χ0v) is 15.0. The summed E-state index contributed by atoms with van der Waals surface area (Å²) in [5.41, 5.74) is 3.36. The quantitative estimate of drug-likeness (QED) is 0.737. The van der Waals surface area contributed by atoms with Crippen LogP contribution in [-0.2, 0) is 11.3 Å². The molecule has 2 aromatic heterocycles. The molecule has 3 heterocycles. The number of halogens is 1. The minimum atomic E-state index is 0.0110. The third-order valence-electron chi connectivity index (χ3n) is 3.88. The molecule has 1 atom stereocenters. The van der Waals surface area contributed by atoms with Crippen LogP contribution < -0.4 is 5.32 Å². The predicted octanol–water partition coefficient (Wildman–Crippen LogP) is 4.42. The van der Waals surface area contributed by atoms with Crippen LogP contribution in [0.5, 0.6) is 0 Å². The molecule has 7 heteroatoms. The van der Waals surface area contributed by atoms with Crippen LogP contribution in [0.1, 0.15) is 21.9 Å². The van der Waals surface area contributed by atoms with Crippen molar-refractivity contribution in [3.63, 3.8) is 0 Å². The average Bonchev–Trinajstić information content (AvgIpc) is 3.19. The standard InChI is InChI=1S/C17H14ClN3OS2/c18-13-3-1-11(2-4-13)8-21-17-14(7-19-21)16(12-5-6-23-9-12)24-10-15(22)20-17/h1-7,9,16H,8,10H2,(H,20,22)/t16-/m1/s1. The number of anilines is 1. The Bertz CT molecular complexity index is 859. The van der Waals surface area contributed by atoms with E-state index in [0.29, 0.717) is 17.3 Å². The van der Waals surface area contributed by atoms with Gasteiger partial charge in [-0.25, -0.2) is 4.68 Å². The second kappa shape index (κ2) is 6.63. The zero-order valence-electron chi connectivity index (χ0n) is 12.6. The van der Waals surface area contributed by atoms with E-state index < -0.39 is 0 Å². The number of nitrogens with zero attached hydrogens (tertiary/aromatic N) is 2. The number of hydrogen-bond donors (Lipinski definition) is 1. The molecule has 0 radical (unpaired) electrons. The Hall–Kier alpha value is -1.76. The highest BCUT2D eigenvalue weighted by molar-refractivity contribution is 8.00. The Labute approximate surface area is 152 Å². The highest BCUT2D eigenvalue weighted by atomic mass is 35.5. The lowest BCUT2D eigenvalue weighted by Crippen LogP contribution is -2.16. The number of carbonyl (C=O) groups is 1. The Morgan fingerprint density at radius 3 is 2.88 bits per heavy atom. The third kappa shape index (κ3) is 3.09. The molecule has 0 saturated carbocycles. The molecular weight excluding hydrogens is 362 g/mol. The van der Waals surface area contributed by atoms with Crippen LogP contribution in [0.15, 0.2) is 47.3 Å². The fourth-order valence-electron chi connectivity index (χ4n) is 2.73. The number of benzene rings is 1. The van der Waals surface area contributed by atoms with Crippen molar-refractivity contribution in [3.05, 3.63) is 69.0 Å². The molecule has 1 amide bonds. The first kappa shape index (κ1) is 15.7. The molecule has 0 bridgehead atoms. The van der Waals surface area contributed by atoms with E-state index in [4.69, 9.17) is 11.6 Å². The Morgan fingerprint density at radius 1 is 1.29 bits per heavy atom. The predicted molar refractivity (Wildman–Crippen MR) is 100 cm³/mol. The molecule has 0 aliphatic carbocycles. The summed E-state index contributed by atoms with van der Waals surface area (Å²) >= 11 is 9.25.